The summed E-state index contributed by atoms with van der Waals surface area (Å²) < 4.78 is 0. The van der Waals surface area contributed by atoms with Gasteiger partial charge in [0.15, 0.2) is 0 Å². The molecule has 0 bridgehead atoms. The number of nitrogens with one attached hydrogen (secondary N) is 1. The largest absolute Gasteiger partial charge is 0.355 e. The molecule has 0 aromatic rings. The third-order valence-corrected chi connectivity index (χ3v) is 3.64. The van der Waals surface area contributed by atoms with Gasteiger partial charge in [0.1, 0.15) is 0 Å². The van der Waals surface area contributed by atoms with Crippen molar-refractivity contribution < 1.29 is 4.79 Å². The lowest BCUT2D eigenvalue weighted by molar-refractivity contribution is -0.122. The minimum atomic E-state index is -0.332. The Balaban J connectivity index is 2.10. The van der Waals surface area contributed by atoms with E-state index < -0.39 is 0 Å². The summed E-state index contributed by atoms with van der Waals surface area (Å²) >= 11 is 0. The Hall–Kier alpha value is -0.570. The molecule has 1 aliphatic rings. The lowest BCUT2D eigenvalue weighted by Gasteiger charge is -2.22. The topological polar surface area (TPSA) is 55.1 Å². The first-order chi connectivity index (χ1) is 8.09. The van der Waals surface area contributed by atoms with Crippen LogP contribution in [0, 0.1) is 11.8 Å². The highest BCUT2D eigenvalue weighted by molar-refractivity contribution is 5.81. The molecule has 0 aliphatic heterocycles. The Kier molecular flexibility index (Phi) is 6.56. The van der Waals surface area contributed by atoms with Crippen molar-refractivity contribution in [2.45, 2.75) is 64.8 Å². The van der Waals surface area contributed by atoms with Crippen LogP contribution in [0.1, 0.15) is 58.8 Å². The molecular formula is C14H28N2O. The van der Waals surface area contributed by atoms with E-state index >= 15 is 0 Å². The zero-order chi connectivity index (χ0) is 12.7. The van der Waals surface area contributed by atoms with Crippen LogP contribution in [0.2, 0.25) is 0 Å². The number of hydrogen-bond donors (Lipinski definition) is 2. The summed E-state index contributed by atoms with van der Waals surface area (Å²) in [4.78, 5) is 11.7. The molecule has 1 amide bonds. The van der Waals surface area contributed by atoms with Crippen LogP contribution in [0.25, 0.3) is 0 Å². The first-order valence-corrected chi connectivity index (χ1v) is 7.13. The zero-order valence-corrected chi connectivity index (χ0v) is 11.4. The lowest BCUT2D eigenvalue weighted by Crippen LogP contribution is -2.42. The summed E-state index contributed by atoms with van der Waals surface area (Å²) in [5.74, 6) is 1.33. The van der Waals surface area contributed by atoms with Gasteiger partial charge in [0.25, 0.3) is 0 Å². The summed E-state index contributed by atoms with van der Waals surface area (Å²) in [6.07, 6.45) is 8.70. The van der Waals surface area contributed by atoms with Gasteiger partial charge in [0.05, 0.1) is 6.04 Å². The maximum atomic E-state index is 11.7. The molecular weight excluding hydrogens is 212 g/mol. The van der Waals surface area contributed by atoms with Crippen molar-refractivity contribution in [2.75, 3.05) is 6.54 Å². The molecule has 0 aromatic carbocycles. The molecule has 0 heterocycles. The van der Waals surface area contributed by atoms with E-state index in [2.05, 4.69) is 19.2 Å². The number of rotatable bonds is 6. The number of carbonyl (C=O) groups is 1. The summed E-state index contributed by atoms with van der Waals surface area (Å²) in [5.41, 5.74) is 5.83. The molecule has 3 heteroatoms. The minimum Gasteiger partial charge on any atom is -0.355 e. The van der Waals surface area contributed by atoms with Crippen molar-refractivity contribution in [2.24, 2.45) is 17.6 Å². The minimum absolute atomic E-state index is 0.0227. The normalized spacial score (nSPS) is 19.3. The molecule has 3 N–H and O–H groups in total. The molecule has 100 valence electrons. The van der Waals surface area contributed by atoms with E-state index in [-0.39, 0.29) is 11.9 Å². The molecule has 0 spiro atoms. The molecule has 0 aromatic heterocycles. The Bertz CT molecular complexity index is 222. The quantitative estimate of drug-likeness (QED) is 0.749. The summed E-state index contributed by atoms with van der Waals surface area (Å²) in [6.45, 7) is 4.99. The Labute approximate surface area is 106 Å². The maximum absolute atomic E-state index is 11.7. The maximum Gasteiger partial charge on any atom is 0.236 e. The standard InChI is InChI=1S/C14H28N2O/c1-11(2)10-13(15)14(17)16-9-8-12-6-4-3-5-7-12/h11-13H,3-10,15H2,1-2H3,(H,16,17)/t13-/m0/s1. The molecule has 0 radical (unpaired) electrons. The van der Waals surface area contributed by atoms with Gasteiger partial charge in [0, 0.05) is 6.54 Å². The highest BCUT2D eigenvalue weighted by Gasteiger charge is 2.16. The van der Waals surface area contributed by atoms with E-state index in [4.69, 9.17) is 5.73 Å². The monoisotopic (exact) mass is 240 g/mol. The van der Waals surface area contributed by atoms with Crippen LogP contribution in [-0.4, -0.2) is 18.5 Å². The van der Waals surface area contributed by atoms with Crippen LogP contribution in [-0.2, 0) is 4.79 Å². The van der Waals surface area contributed by atoms with Gasteiger partial charge in [-0.25, -0.2) is 0 Å². The molecule has 0 unspecified atom stereocenters. The second kappa shape index (κ2) is 7.70. The SMILES string of the molecule is CC(C)C[C@H](N)C(=O)NCCC1CCCCC1. The van der Waals surface area contributed by atoms with Gasteiger partial charge in [-0.15, -0.1) is 0 Å². The molecule has 1 saturated carbocycles. The van der Waals surface area contributed by atoms with Crippen LogP contribution in [0.15, 0.2) is 0 Å². The average Bonchev–Trinajstić information content (AvgIpc) is 2.29. The van der Waals surface area contributed by atoms with Gasteiger partial charge in [-0.2, -0.15) is 0 Å². The van der Waals surface area contributed by atoms with Crippen LogP contribution in [0.5, 0.6) is 0 Å². The second-order valence-corrected chi connectivity index (χ2v) is 5.82. The lowest BCUT2D eigenvalue weighted by atomic mass is 9.87. The number of carbonyl (C=O) groups excluding carboxylic acids is 1. The van der Waals surface area contributed by atoms with Crippen LogP contribution < -0.4 is 11.1 Å². The van der Waals surface area contributed by atoms with Gasteiger partial charge in [-0.1, -0.05) is 46.0 Å². The van der Waals surface area contributed by atoms with E-state index in [1.807, 2.05) is 0 Å². The zero-order valence-electron chi connectivity index (χ0n) is 11.4. The molecule has 17 heavy (non-hydrogen) atoms. The smallest absolute Gasteiger partial charge is 0.236 e. The van der Waals surface area contributed by atoms with Gasteiger partial charge >= 0.3 is 0 Å². The summed E-state index contributed by atoms with van der Waals surface area (Å²) in [6, 6.07) is -0.332. The number of hydrogen-bond acceptors (Lipinski definition) is 2. The second-order valence-electron chi connectivity index (χ2n) is 5.82. The molecule has 1 atom stereocenters. The fraction of sp³-hybridized carbons (Fsp3) is 0.929. The first-order valence-electron chi connectivity index (χ1n) is 7.13. The van der Waals surface area contributed by atoms with Crippen molar-refractivity contribution >= 4 is 5.91 Å². The highest BCUT2D eigenvalue weighted by Crippen LogP contribution is 2.25. The molecule has 3 nitrogen and oxygen atoms in total. The van der Waals surface area contributed by atoms with E-state index in [9.17, 15) is 4.79 Å². The van der Waals surface area contributed by atoms with Crippen LogP contribution in [0.3, 0.4) is 0 Å². The highest BCUT2D eigenvalue weighted by atomic mass is 16.2. The van der Waals surface area contributed by atoms with Gasteiger partial charge in [-0.3, -0.25) is 4.79 Å². The van der Waals surface area contributed by atoms with E-state index in [0.29, 0.717) is 5.92 Å². The van der Waals surface area contributed by atoms with Crippen molar-refractivity contribution in [1.82, 2.24) is 5.32 Å². The Morgan fingerprint density at radius 2 is 1.94 bits per heavy atom. The third-order valence-electron chi connectivity index (χ3n) is 3.64. The van der Waals surface area contributed by atoms with Gasteiger partial charge in [0.2, 0.25) is 5.91 Å². The van der Waals surface area contributed by atoms with Crippen molar-refractivity contribution in [1.29, 1.82) is 0 Å². The van der Waals surface area contributed by atoms with Crippen LogP contribution >= 0.6 is 0 Å². The predicted octanol–water partition coefficient (Wildman–Crippen LogP) is 2.45. The average molecular weight is 240 g/mol. The fourth-order valence-electron chi connectivity index (χ4n) is 2.62. The van der Waals surface area contributed by atoms with Crippen LogP contribution in [0.4, 0.5) is 0 Å². The molecule has 0 saturated heterocycles. The molecule has 1 aliphatic carbocycles. The molecule has 1 fully saturated rings. The number of nitrogens with two attached hydrogens (primary N) is 1. The Morgan fingerprint density at radius 3 is 2.53 bits per heavy atom. The van der Waals surface area contributed by atoms with E-state index in [1.165, 1.54) is 32.1 Å². The third kappa shape index (κ3) is 6.06. The van der Waals surface area contributed by atoms with Crippen molar-refractivity contribution in [3.05, 3.63) is 0 Å². The molecule has 1 rings (SSSR count). The van der Waals surface area contributed by atoms with Crippen molar-refractivity contribution in [3.63, 3.8) is 0 Å². The Morgan fingerprint density at radius 1 is 1.29 bits per heavy atom. The van der Waals surface area contributed by atoms with Gasteiger partial charge < -0.3 is 11.1 Å². The summed E-state index contributed by atoms with van der Waals surface area (Å²) in [7, 11) is 0. The first kappa shape index (κ1) is 14.5. The summed E-state index contributed by atoms with van der Waals surface area (Å²) in [5, 5.41) is 2.97. The van der Waals surface area contributed by atoms with Crippen molar-refractivity contribution in [3.8, 4) is 0 Å². The van der Waals surface area contributed by atoms with E-state index in [1.54, 1.807) is 0 Å². The fourth-order valence-corrected chi connectivity index (χ4v) is 2.62. The number of amides is 1. The van der Waals surface area contributed by atoms with E-state index in [0.717, 1.165) is 25.3 Å². The predicted molar refractivity (Wildman–Crippen MR) is 71.6 cm³/mol. The van der Waals surface area contributed by atoms with Gasteiger partial charge in [-0.05, 0) is 24.7 Å².